The highest BCUT2D eigenvalue weighted by molar-refractivity contribution is 9.11. The second-order valence-electron chi connectivity index (χ2n) is 4.52. The van der Waals surface area contributed by atoms with E-state index in [1.54, 1.807) is 6.07 Å². The summed E-state index contributed by atoms with van der Waals surface area (Å²) in [6.07, 6.45) is 1.97. The molecule has 1 nitrogen and oxygen atoms in total. The first-order chi connectivity index (χ1) is 8.79. The zero-order valence-corrected chi connectivity index (χ0v) is 11.4. The Morgan fingerprint density at radius 2 is 1.67 bits per heavy atom. The molecule has 2 heteroatoms. The van der Waals surface area contributed by atoms with Crippen molar-refractivity contribution in [3.63, 3.8) is 0 Å². The van der Waals surface area contributed by atoms with Crippen molar-refractivity contribution in [1.82, 2.24) is 0 Å². The van der Waals surface area contributed by atoms with Crippen LogP contribution in [0.1, 0.15) is 22.3 Å². The molecule has 0 saturated carbocycles. The molecule has 0 fully saturated rings. The molecule has 90 valence electrons. The van der Waals surface area contributed by atoms with E-state index in [-0.39, 0.29) is 0 Å². The summed E-state index contributed by atoms with van der Waals surface area (Å²) in [6.45, 7) is 0. The lowest BCUT2D eigenvalue weighted by Crippen LogP contribution is -1.91. The van der Waals surface area contributed by atoms with Crippen molar-refractivity contribution in [2.24, 2.45) is 0 Å². The van der Waals surface area contributed by atoms with Gasteiger partial charge in [-0.05, 0) is 57.8 Å². The van der Waals surface area contributed by atoms with Crippen molar-refractivity contribution in [2.45, 2.75) is 12.8 Å². The molecule has 1 aliphatic rings. The van der Waals surface area contributed by atoms with Gasteiger partial charge in [0.15, 0.2) is 0 Å². The molecule has 0 spiro atoms. The number of aromatic hydroxyl groups is 1. The standard InChI is InChI=1S/C16H13BrO/c17-10-16-14-4-2-1-3-11(14)5-6-12-9-13(18)7-8-15(12)16/h1-4,7-10,18H,5-6H2. The molecule has 3 rings (SSSR count). The van der Waals surface area contributed by atoms with Crippen molar-refractivity contribution in [1.29, 1.82) is 0 Å². The monoisotopic (exact) mass is 300 g/mol. The number of hydrogen-bond acceptors (Lipinski definition) is 1. The average molecular weight is 301 g/mol. The van der Waals surface area contributed by atoms with Gasteiger partial charge < -0.3 is 5.11 Å². The lowest BCUT2D eigenvalue weighted by Gasteiger charge is -2.10. The van der Waals surface area contributed by atoms with E-state index < -0.39 is 0 Å². The van der Waals surface area contributed by atoms with E-state index in [9.17, 15) is 5.11 Å². The van der Waals surface area contributed by atoms with Crippen LogP contribution < -0.4 is 0 Å². The summed E-state index contributed by atoms with van der Waals surface area (Å²) >= 11 is 3.48. The highest BCUT2D eigenvalue weighted by atomic mass is 79.9. The second-order valence-corrected chi connectivity index (χ2v) is 4.98. The Kier molecular flexibility index (Phi) is 2.96. The molecule has 0 unspecified atom stereocenters. The maximum absolute atomic E-state index is 9.62. The SMILES string of the molecule is Oc1ccc2c(c1)CCc1ccccc1C2=CBr. The number of fused-ring (bicyclic) bond motifs is 2. The number of halogens is 1. The van der Waals surface area contributed by atoms with Crippen molar-refractivity contribution in [3.8, 4) is 5.75 Å². The molecule has 1 aliphatic carbocycles. The summed E-state index contributed by atoms with van der Waals surface area (Å²) in [5.74, 6) is 0.341. The summed E-state index contributed by atoms with van der Waals surface area (Å²) in [5.41, 5.74) is 6.24. The fourth-order valence-corrected chi connectivity index (χ4v) is 3.08. The Hall–Kier alpha value is -1.54. The third-order valence-electron chi connectivity index (χ3n) is 3.46. The minimum atomic E-state index is 0.341. The zero-order chi connectivity index (χ0) is 12.5. The molecule has 0 aliphatic heterocycles. The number of benzene rings is 2. The Bertz CT molecular complexity index is 629. The van der Waals surface area contributed by atoms with Gasteiger partial charge in [-0.3, -0.25) is 0 Å². The molecule has 0 bridgehead atoms. The summed E-state index contributed by atoms with van der Waals surface area (Å²) in [4.78, 5) is 1.98. The first-order valence-corrected chi connectivity index (χ1v) is 6.92. The highest BCUT2D eigenvalue weighted by Gasteiger charge is 2.17. The van der Waals surface area contributed by atoms with Crippen LogP contribution in [0.15, 0.2) is 47.4 Å². The molecular weight excluding hydrogens is 288 g/mol. The van der Waals surface area contributed by atoms with Gasteiger partial charge in [0, 0.05) is 0 Å². The largest absolute Gasteiger partial charge is 0.508 e. The maximum Gasteiger partial charge on any atom is 0.115 e. The molecule has 0 amide bonds. The van der Waals surface area contributed by atoms with E-state index >= 15 is 0 Å². The van der Waals surface area contributed by atoms with Crippen molar-refractivity contribution < 1.29 is 5.11 Å². The van der Waals surface area contributed by atoms with E-state index in [0.717, 1.165) is 12.8 Å². The minimum absolute atomic E-state index is 0.341. The predicted octanol–water partition coefficient (Wildman–Crippen LogP) is 4.27. The molecule has 0 atom stereocenters. The Morgan fingerprint density at radius 1 is 0.944 bits per heavy atom. The fraction of sp³-hybridized carbons (Fsp3) is 0.125. The van der Waals surface area contributed by atoms with Crippen LogP contribution in [0, 0.1) is 0 Å². The molecule has 0 saturated heterocycles. The molecule has 2 aromatic carbocycles. The molecule has 2 aromatic rings. The highest BCUT2D eigenvalue weighted by Crippen LogP contribution is 2.35. The maximum atomic E-state index is 9.62. The van der Waals surface area contributed by atoms with E-state index in [2.05, 4.69) is 40.2 Å². The van der Waals surface area contributed by atoms with Crippen LogP contribution in [0.5, 0.6) is 5.75 Å². The molecule has 0 heterocycles. The molecular formula is C16H13BrO. The molecule has 1 N–H and O–H groups in total. The van der Waals surface area contributed by atoms with Crippen LogP contribution in [0.4, 0.5) is 0 Å². The van der Waals surface area contributed by atoms with Crippen LogP contribution in [0.3, 0.4) is 0 Å². The van der Waals surface area contributed by atoms with E-state index in [1.165, 1.54) is 27.8 Å². The lowest BCUT2D eigenvalue weighted by molar-refractivity contribution is 0.474. The lowest BCUT2D eigenvalue weighted by atomic mass is 9.95. The van der Waals surface area contributed by atoms with Gasteiger partial charge >= 0.3 is 0 Å². The minimum Gasteiger partial charge on any atom is -0.508 e. The van der Waals surface area contributed by atoms with Gasteiger partial charge in [-0.1, -0.05) is 46.3 Å². The molecule has 0 aromatic heterocycles. The van der Waals surface area contributed by atoms with Crippen LogP contribution >= 0.6 is 15.9 Å². The zero-order valence-electron chi connectivity index (χ0n) is 9.86. The Balaban J connectivity index is 2.25. The Morgan fingerprint density at radius 3 is 2.50 bits per heavy atom. The van der Waals surface area contributed by atoms with Crippen molar-refractivity contribution in [3.05, 3.63) is 69.7 Å². The van der Waals surface area contributed by atoms with Gasteiger partial charge in [0.05, 0.1) is 0 Å². The van der Waals surface area contributed by atoms with Gasteiger partial charge in [0.1, 0.15) is 5.75 Å². The van der Waals surface area contributed by atoms with Crippen molar-refractivity contribution in [2.75, 3.05) is 0 Å². The van der Waals surface area contributed by atoms with Gasteiger partial charge in [0.25, 0.3) is 0 Å². The first-order valence-electron chi connectivity index (χ1n) is 6.00. The Labute approximate surface area is 115 Å². The van der Waals surface area contributed by atoms with Gasteiger partial charge in [0.2, 0.25) is 0 Å². The van der Waals surface area contributed by atoms with Crippen LogP contribution in [0.2, 0.25) is 0 Å². The van der Waals surface area contributed by atoms with Crippen LogP contribution in [-0.4, -0.2) is 5.11 Å². The average Bonchev–Trinajstić information content (AvgIpc) is 2.55. The number of aryl methyl sites for hydroxylation is 2. The molecule has 18 heavy (non-hydrogen) atoms. The van der Waals surface area contributed by atoms with E-state index in [1.807, 2.05) is 17.1 Å². The van der Waals surface area contributed by atoms with Crippen molar-refractivity contribution >= 4 is 21.5 Å². The summed E-state index contributed by atoms with van der Waals surface area (Å²) < 4.78 is 0. The van der Waals surface area contributed by atoms with E-state index in [4.69, 9.17) is 0 Å². The number of hydrogen-bond donors (Lipinski definition) is 1. The number of phenolic OH excluding ortho intramolecular Hbond substituents is 1. The number of rotatable bonds is 0. The van der Waals surface area contributed by atoms with Gasteiger partial charge in [-0.25, -0.2) is 0 Å². The second kappa shape index (κ2) is 4.62. The predicted molar refractivity (Wildman–Crippen MR) is 78.0 cm³/mol. The van der Waals surface area contributed by atoms with Crippen LogP contribution in [-0.2, 0) is 12.8 Å². The fourth-order valence-electron chi connectivity index (χ4n) is 2.58. The van der Waals surface area contributed by atoms with E-state index in [0.29, 0.717) is 5.75 Å². The smallest absolute Gasteiger partial charge is 0.115 e. The third-order valence-corrected chi connectivity index (χ3v) is 3.92. The quantitative estimate of drug-likeness (QED) is 0.770. The summed E-state index contributed by atoms with van der Waals surface area (Å²) in [6, 6.07) is 14.1. The topological polar surface area (TPSA) is 20.2 Å². The summed E-state index contributed by atoms with van der Waals surface area (Å²) in [7, 11) is 0. The third kappa shape index (κ3) is 1.87. The summed E-state index contributed by atoms with van der Waals surface area (Å²) in [5, 5.41) is 9.62. The number of phenols is 1. The van der Waals surface area contributed by atoms with Gasteiger partial charge in [-0.15, -0.1) is 0 Å². The molecule has 0 radical (unpaired) electrons. The normalized spacial score (nSPS) is 15.9. The van der Waals surface area contributed by atoms with Crippen LogP contribution in [0.25, 0.3) is 5.57 Å². The van der Waals surface area contributed by atoms with Gasteiger partial charge in [-0.2, -0.15) is 0 Å². The first kappa shape index (κ1) is 11.5.